The minimum Gasteiger partial charge on any atom is -0.493 e. The van der Waals surface area contributed by atoms with Crippen molar-refractivity contribution in [3.8, 4) is 11.5 Å². The van der Waals surface area contributed by atoms with Gasteiger partial charge >= 0.3 is 0 Å². The van der Waals surface area contributed by atoms with Gasteiger partial charge in [-0.25, -0.2) is 0 Å². The lowest BCUT2D eigenvalue weighted by Crippen LogP contribution is -2.18. The zero-order valence-corrected chi connectivity index (χ0v) is 14.5. The molecule has 21 heavy (non-hydrogen) atoms. The lowest BCUT2D eigenvalue weighted by Gasteiger charge is -2.20. The van der Waals surface area contributed by atoms with Crippen molar-refractivity contribution >= 4 is 27.5 Å². The van der Waals surface area contributed by atoms with E-state index in [2.05, 4.69) is 21.2 Å². The van der Waals surface area contributed by atoms with E-state index in [4.69, 9.17) is 21.1 Å². The highest BCUT2D eigenvalue weighted by Gasteiger charge is 2.17. The first kappa shape index (κ1) is 16.1. The van der Waals surface area contributed by atoms with Crippen LogP contribution in [0.3, 0.4) is 0 Å². The summed E-state index contributed by atoms with van der Waals surface area (Å²) in [5.74, 6) is 1.42. The molecule has 0 aliphatic rings. The number of nitrogens with one attached hydrogen (secondary N) is 1. The first-order chi connectivity index (χ1) is 10.1. The zero-order valence-electron chi connectivity index (χ0n) is 12.1. The maximum atomic E-state index is 6.01. The monoisotopic (exact) mass is 369 g/mol. The van der Waals surface area contributed by atoms with Crippen molar-refractivity contribution in [1.29, 1.82) is 0 Å². The SMILES string of the molecule is CNC(c1ccc(OC)c(OC)c1)c1ccc(Cl)cc1Br. The molecule has 112 valence electrons. The Hall–Kier alpha value is -1.23. The van der Waals surface area contributed by atoms with Gasteiger partial charge in [0.15, 0.2) is 11.5 Å². The second-order valence-electron chi connectivity index (χ2n) is 4.50. The second-order valence-corrected chi connectivity index (χ2v) is 5.79. The van der Waals surface area contributed by atoms with Gasteiger partial charge in [0.2, 0.25) is 0 Å². The highest BCUT2D eigenvalue weighted by Crippen LogP contribution is 2.35. The van der Waals surface area contributed by atoms with E-state index in [1.807, 2.05) is 43.4 Å². The van der Waals surface area contributed by atoms with Crippen LogP contribution in [-0.2, 0) is 0 Å². The van der Waals surface area contributed by atoms with Gasteiger partial charge in [0, 0.05) is 9.50 Å². The van der Waals surface area contributed by atoms with Crippen LogP contribution in [-0.4, -0.2) is 21.3 Å². The van der Waals surface area contributed by atoms with E-state index in [1.54, 1.807) is 14.2 Å². The Morgan fingerprint density at radius 3 is 2.33 bits per heavy atom. The summed E-state index contributed by atoms with van der Waals surface area (Å²) < 4.78 is 11.6. The number of rotatable bonds is 5. The van der Waals surface area contributed by atoms with Gasteiger partial charge in [0.05, 0.1) is 20.3 Å². The molecule has 2 aromatic carbocycles. The van der Waals surface area contributed by atoms with Crippen molar-refractivity contribution < 1.29 is 9.47 Å². The molecule has 0 saturated heterocycles. The summed E-state index contributed by atoms with van der Waals surface area (Å²) in [6.45, 7) is 0. The maximum absolute atomic E-state index is 6.01. The van der Waals surface area contributed by atoms with Crippen LogP contribution in [0.4, 0.5) is 0 Å². The number of hydrogen-bond acceptors (Lipinski definition) is 3. The Morgan fingerprint density at radius 2 is 1.76 bits per heavy atom. The van der Waals surface area contributed by atoms with Crippen molar-refractivity contribution in [2.24, 2.45) is 0 Å². The van der Waals surface area contributed by atoms with Crippen LogP contribution in [0.5, 0.6) is 11.5 Å². The average Bonchev–Trinajstić information content (AvgIpc) is 2.49. The maximum Gasteiger partial charge on any atom is 0.161 e. The van der Waals surface area contributed by atoms with Gasteiger partial charge in [-0.1, -0.05) is 39.7 Å². The largest absolute Gasteiger partial charge is 0.493 e. The Bertz CT molecular complexity index is 634. The molecule has 1 unspecified atom stereocenters. The molecule has 0 heterocycles. The Kier molecular flexibility index (Phi) is 5.51. The smallest absolute Gasteiger partial charge is 0.161 e. The van der Waals surface area contributed by atoms with Crippen molar-refractivity contribution in [2.75, 3.05) is 21.3 Å². The number of benzene rings is 2. The van der Waals surface area contributed by atoms with Crippen LogP contribution in [0.25, 0.3) is 0 Å². The Labute approximate surface area is 138 Å². The molecular formula is C16H17BrClNO2. The van der Waals surface area contributed by atoms with Gasteiger partial charge in [-0.3, -0.25) is 0 Å². The van der Waals surface area contributed by atoms with E-state index in [9.17, 15) is 0 Å². The molecule has 0 bridgehead atoms. The number of hydrogen-bond donors (Lipinski definition) is 1. The molecule has 0 saturated carbocycles. The minimum absolute atomic E-state index is 0.0245. The number of methoxy groups -OCH3 is 2. The standard InChI is InChI=1S/C16H17BrClNO2/c1-19-16(12-6-5-11(18)9-13(12)17)10-4-7-14(20-2)15(8-10)21-3/h4-9,16,19H,1-3H3. The van der Waals surface area contributed by atoms with Crippen LogP contribution >= 0.6 is 27.5 Å². The van der Waals surface area contributed by atoms with E-state index >= 15 is 0 Å². The van der Waals surface area contributed by atoms with Crippen LogP contribution in [0.2, 0.25) is 5.02 Å². The second kappa shape index (κ2) is 7.16. The predicted molar refractivity (Wildman–Crippen MR) is 89.6 cm³/mol. The lowest BCUT2D eigenvalue weighted by atomic mass is 9.98. The molecule has 0 spiro atoms. The summed E-state index contributed by atoms with van der Waals surface area (Å²) in [6.07, 6.45) is 0. The molecule has 2 rings (SSSR count). The van der Waals surface area contributed by atoms with Gasteiger partial charge < -0.3 is 14.8 Å². The van der Waals surface area contributed by atoms with E-state index in [0.29, 0.717) is 16.5 Å². The summed E-state index contributed by atoms with van der Waals surface area (Å²) >= 11 is 9.58. The molecule has 5 heteroatoms. The van der Waals surface area contributed by atoms with E-state index in [0.717, 1.165) is 15.6 Å². The summed E-state index contributed by atoms with van der Waals surface area (Å²) in [7, 11) is 5.18. The number of ether oxygens (including phenoxy) is 2. The van der Waals surface area contributed by atoms with Crippen molar-refractivity contribution in [2.45, 2.75) is 6.04 Å². The first-order valence-corrected chi connectivity index (χ1v) is 7.62. The van der Waals surface area contributed by atoms with Crippen molar-refractivity contribution in [3.05, 3.63) is 57.0 Å². The average molecular weight is 371 g/mol. The third-order valence-electron chi connectivity index (χ3n) is 3.30. The summed E-state index contributed by atoms with van der Waals surface area (Å²) in [6, 6.07) is 11.7. The predicted octanol–water partition coefficient (Wildman–Crippen LogP) is 4.43. The van der Waals surface area contributed by atoms with Gasteiger partial charge in [0.1, 0.15) is 0 Å². The van der Waals surface area contributed by atoms with Crippen molar-refractivity contribution in [3.63, 3.8) is 0 Å². The fraction of sp³-hybridized carbons (Fsp3) is 0.250. The van der Waals surface area contributed by atoms with E-state index in [-0.39, 0.29) is 6.04 Å². The molecule has 0 aromatic heterocycles. The van der Waals surface area contributed by atoms with Crippen LogP contribution in [0.15, 0.2) is 40.9 Å². The number of halogens is 2. The molecule has 0 amide bonds. The normalized spacial score (nSPS) is 12.0. The quantitative estimate of drug-likeness (QED) is 0.844. The molecule has 0 fully saturated rings. The molecule has 3 nitrogen and oxygen atoms in total. The molecule has 0 radical (unpaired) electrons. The highest BCUT2D eigenvalue weighted by molar-refractivity contribution is 9.10. The molecule has 1 atom stereocenters. The minimum atomic E-state index is 0.0245. The van der Waals surface area contributed by atoms with Gasteiger partial charge in [-0.05, 0) is 42.4 Å². The van der Waals surface area contributed by atoms with Gasteiger partial charge in [-0.2, -0.15) is 0 Å². The first-order valence-electron chi connectivity index (χ1n) is 6.44. The van der Waals surface area contributed by atoms with E-state index in [1.165, 1.54) is 0 Å². The fourth-order valence-electron chi connectivity index (χ4n) is 2.27. The fourth-order valence-corrected chi connectivity index (χ4v) is 3.18. The third kappa shape index (κ3) is 3.51. The van der Waals surface area contributed by atoms with E-state index < -0.39 is 0 Å². The summed E-state index contributed by atoms with van der Waals surface area (Å²) in [5.41, 5.74) is 2.19. The van der Waals surface area contributed by atoms with Crippen LogP contribution in [0, 0.1) is 0 Å². The molecule has 2 aromatic rings. The Morgan fingerprint density at radius 1 is 1.05 bits per heavy atom. The van der Waals surface area contributed by atoms with Crippen LogP contribution < -0.4 is 14.8 Å². The van der Waals surface area contributed by atoms with Crippen molar-refractivity contribution in [1.82, 2.24) is 5.32 Å². The van der Waals surface area contributed by atoms with Crippen LogP contribution in [0.1, 0.15) is 17.2 Å². The zero-order chi connectivity index (χ0) is 15.4. The Balaban J connectivity index is 2.46. The highest BCUT2D eigenvalue weighted by atomic mass is 79.9. The molecule has 0 aliphatic heterocycles. The van der Waals surface area contributed by atoms with Gasteiger partial charge in [0.25, 0.3) is 0 Å². The van der Waals surface area contributed by atoms with Gasteiger partial charge in [-0.15, -0.1) is 0 Å². The topological polar surface area (TPSA) is 30.5 Å². The molecular weight excluding hydrogens is 354 g/mol. The lowest BCUT2D eigenvalue weighted by molar-refractivity contribution is 0.354. The molecule has 0 aliphatic carbocycles. The summed E-state index contributed by atoms with van der Waals surface area (Å²) in [4.78, 5) is 0. The third-order valence-corrected chi connectivity index (χ3v) is 4.22. The molecule has 1 N–H and O–H groups in total. The summed E-state index contributed by atoms with van der Waals surface area (Å²) in [5, 5.41) is 4.02.